The first-order valence-corrected chi connectivity index (χ1v) is 9.50. The van der Waals surface area contributed by atoms with Crippen LogP contribution in [0.1, 0.15) is 11.1 Å². The van der Waals surface area contributed by atoms with Gasteiger partial charge in [-0.1, -0.05) is 12.1 Å². The Hall–Kier alpha value is -2.95. The van der Waals surface area contributed by atoms with Crippen molar-refractivity contribution in [1.82, 2.24) is 20.4 Å². The number of nitrogens with zero attached hydrogens (tertiary/aromatic N) is 3. The van der Waals surface area contributed by atoms with Crippen molar-refractivity contribution in [2.75, 3.05) is 28.4 Å². The summed E-state index contributed by atoms with van der Waals surface area (Å²) in [6, 6.07) is 13.9. The molecule has 0 saturated heterocycles. The summed E-state index contributed by atoms with van der Waals surface area (Å²) in [4.78, 5) is 4.29. The molecule has 0 unspecified atom stereocenters. The average molecular weight is 537 g/mol. The molecule has 0 aliphatic heterocycles. The van der Waals surface area contributed by atoms with Crippen LogP contribution < -0.4 is 24.8 Å². The maximum Gasteiger partial charge on any atom is 0.203 e. The highest BCUT2D eigenvalue weighted by Gasteiger charge is 2.13. The van der Waals surface area contributed by atoms with Crippen LogP contribution in [-0.2, 0) is 13.1 Å². The smallest absolute Gasteiger partial charge is 0.203 e. The van der Waals surface area contributed by atoms with Gasteiger partial charge in [0.25, 0.3) is 0 Å². The number of aliphatic imine (C=N–C) groups is 1. The number of guanidine groups is 1. The second-order valence-corrected chi connectivity index (χ2v) is 6.43. The van der Waals surface area contributed by atoms with Crippen molar-refractivity contribution >= 4 is 29.9 Å². The van der Waals surface area contributed by atoms with Gasteiger partial charge in [-0.3, -0.25) is 4.99 Å². The van der Waals surface area contributed by atoms with E-state index in [-0.39, 0.29) is 24.0 Å². The van der Waals surface area contributed by atoms with Gasteiger partial charge in [-0.15, -0.1) is 24.0 Å². The van der Waals surface area contributed by atoms with Crippen molar-refractivity contribution in [2.45, 2.75) is 13.1 Å². The van der Waals surface area contributed by atoms with Gasteiger partial charge in [-0.2, -0.15) is 5.10 Å². The summed E-state index contributed by atoms with van der Waals surface area (Å²) in [6.45, 7) is 1.20. The molecule has 0 fully saturated rings. The molecule has 9 heteroatoms. The molecule has 0 bridgehead atoms. The van der Waals surface area contributed by atoms with Gasteiger partial charge in [0.2, 0.25) is 5.75 Å². The molecular formula is C22H28IN5O3. The molecule has 0 atom stereocenters. The summed E-state index contributed by atoms with van der Waals surface area (Å²) in [5.41, 5.74) is 3.14. The summed E-state index contributed by atoms with van der Waals surface area (Å²) in [7, 11) is 6.54. The van der Waals surface area contributed by atoms with Crippen LogP contribution in [0.5, 0.6) is 17.2 Å². The predicted molar refractivity (Wildman–Crippen MR) is 132 cm³/mol. The highest BCUT2D eigenvalue weighted by molar-refractivity contribution is 14.0. The highest BCUT2D eigenvalue weighted by atomic mass is 127. The van der Waals surface area contributed by atoms with Gasteiger partial charge in [0.05, 0.1) is 27.0 Å². The number of halogens is 1. The molecule has 0 spiro atoms. The van der Waals surface area contributed by atoms with Crippen LogP contribution in [0.15, 0.2) is 59.9 Å². The number of hydrogen-bond donors (Lipinski definition) is 2. The van der Waals surface area contributed by atoms with E-state index in [1.54, 1.807) is 34.6 Å². The molecular weight excluding hydrogens is 509 g/mol. The van der Waals surface area contributed by atoms with Gasteiger partial charge in [0.15, 0.2) is 17.5 Å². The molecule has 3 rings (SSSR count). The second-order valence-electron chi connectivity index (χ2n) is 6.43. The third kappa shape index (κ3) is 6.27. The van der Waals surface area contributed by atoms with Crippen LogP contribution >= 0.6 is 24.0 Å². The number of methoxy groups -OCH3 is 3. The Kier molecular flexibility index (Phi) is 9.44. The molecule has 3 aromatic rings. The quantitative estimate of drug-likeness (QED) is 0.261. The lowest BCUT2D eigenvalue weighted by atomic mass is 10.2. The molecule has 1 aromatic heterocycles. The summed E-state index contributed by atoms with van der Waals surface area (Å²) in [5.74, 6) is 2.51. The lowest BCUT2D eigenvalue weighted by molar-refractivity contribution is 0.323. The zero-order valence-corrected chi connectivity index (χ0v) is 20.4. The van der Waals surface area contributed by atoms with Crippen LogP contribution in [0.25, 0.3) is 5.69 Å². The van der Waals surface area contributed by atoms with E-state index in [4.69, 9.17) is 14.2 Å². The molecule has 2 N–H and O–H groups in total. The van der Waals surface area contributed by atoms with Gasteiger partial charge >= 0.3 is 0 Å². The van der Waals surface area contributed by atoms with Crippen LogP contribution in [0.2, 0.25) is 0 Å². The first-order chi connectivity index (χ1) is 14.7. The number of aromatic nitrogens is 2. The van der Waals surface area contributed by atoms with Crippen molar-refractivity contribution in [3.8, 4) is 22.9 Å². The van der Waals surface area contributed by atoms with E-state index in [1.165, 1.54) is 0 Å². The standard InChI is InChI=1S/C22H27N5O3.HI/c1-23-22(24-14-16-6-8-18(9-7-16)27-11-5-10-26-27)25-15-17-12-19(28-2)21(30-4)20(13-17)29-3;/h5-13H,14-15H2,1-4H3,(H2,23,24,25);1H. The molecule has 166 valence electrons. The van der Waals surface area contributed by atoms with E-state index in [2.05, 4.69) is 32.9 Å². The van der Waals surface area contributed by atoms with Gasteiger partial charge in [-0.05, 0) is 41.5 Å². The average Bonchev–Trinajstić information content (AvgIpc) is 3.33. The number of rotatable bonds is 8. The molecule has 8 nitrogen and oxygen atoms in total. The summed E-state index contributed by atoms with van der Waals surface area (Å²) in [5, 5.41) is 10.9. The highest BCUT2D eigenvalue weighted by Crippen LogP contribution is 2.38. The Morgan fingerprint density at radius 3 is 2.03 bits per heavy atom. The molecule has 0 saturated carbocycles. The maximum absolute atomic E-state index is 5.41. The number of benzene rings is 2. The van der Waals surface area contributed by atoms with Crippen molar-refractivity contribution in [3.63, 3.8) is 0 Å². The van der Waals surface area contributed by atoms with E-state index in [0.717, 1.165) is 16.8 Å². The fourth-order valence-corrected chi connectivity index (χ4v) is 3.02. The summed E-state index contributed by atoms with van der Waals surface area (Å²) >= 11 is 0. The monoisotopic (exact) mass is 537 g/mol. The van der Waals surface area contributed by atoms with Gasteiger partial charge in [-0.25, -0.2) is 4.68 Å². The minimum Gasteiger partial charge on any atom is -0.493 e. The molecule has 2 aromatic carbocycles. The molecule has 0 amide bonds. The zero-order valence-electron chi connectivity index (χ0n) is 18.1. The van der Waals surface area contributed by atoms with Crippen molar-refractivity contribution in [3.05, 3.63) is 66.0 Å². The van der Waals surface area contributed by atoms with Gasteiger partial charge < -0.3 is 24.8 Å². The Morgan fingerprint density at radius 2 is 1.55 bits per heavy atom. The fraction of sp³-hybridized carbons (Fsp3) is 0.273. The summed E-state index contributed by atoms with van der Waals surface area (Å²) in [6.07, 6.45) is 3.68. The second kappa shape index (κ2) is 12.0. The fourth-order valence-electron chi connectivity index (χ4n) is 3.02. The normalized spacial score (nSPS) is 10.8. The zero-order chi connectivity index (χ0) is 21.3. The first kappa shape index (κ1) is 24.3. The third-order valence-electron chi connectivity index (χ3n) is 4.57. The molecule has 1 heterocycles. The molecule has 0 aliphatic carbocycles. The molecule has 0 radical (unpaired) electrons. The minimum absolute atomic E-state index is 0. The first-order valence-electron chi connectivity index (χ1n) is 9.50. The number of ether oxygens (including phenoxy) is 3. The van der Waals surface area contributed by atoms with Crippen molar-refractivity contribution in [2.24, 2.45) is 4.99 Å². The molecule has 0 aliphatic rings. The van der Waals surface area contributed by atoms with Crippen LogP contribution in [0.3, 0.4) is 0 Å². The number of hydrogen-bond acceptors (Lipinski definition) is 5. The van der Waals surface area contributed by atoms with E-state index in [0.29, 0.717) is 36.3 Å². The predicted octanol–water partition coefficient (Wildman–Crippen LogP) is 3.38. The largest absolute Gasteiger partial charge is 0.493 e. The van der Waals surface area contributed by atoms with Crippen LogP contribution in [-0.4, -0.2) is 44.1 Å². The lowest BCUT2D eigenvalue weighted by Gasteiger charge is -2.16. The van der Waals surface area contributed by atoms with Crippen LogP contribution in [0, 0.1) is 0 Å². The van der Waals surface area contributed by atoms with Crippen molar-refractivity contribution in [1.29, 1.82) is 0 Å². The van der Waals surface area contributed by atoms with E-state index < -0.39 is 0 Å². The number of nitrogens with one attached hydrogen (secondary N) is 2. The van der Waals surface area contributed by atoms with Gasteiger partial charge in [0, 0.05) is 32.5 Å². The SMILES string of the molecule is CN=C(NCc1ccc(-n2cccn2)cc1)NCc1cc(OC)c(OC)c(OC)c1.I. The van der Waals surface area contributed by atoms with E-state index >= 15 is 0 Å². The van der Waals surface area contributed by atoms with E-state index in [1.807, 2.05) is 41.2 Å². The summed E-state index contributed by atoms with van der Waals surface area (Å²) < 4.78 is 18.0. The minimum atomic E-state index is 0. The maximum atomic E-state index is 5.41. The van der Waals surface area contributed by atoms with Crippen molar-refractivity contribution < 1.29 is 14.2 Å². The Morgan fingerprint density at radius 1 is 0.935 bits per heavy atom. The van der Waals surface area contributed by atoms with Crippen LogP contribution in [0.4, 0.5) is 0 Å². The Bertz CT molecular complexity index is 950. The van der Waals surface area contributed by atoms with Gasteiger partial charge in [0.1, 0.15) is 0 Å². The van der Waals surface area contributed by atoms with E-state index in [9.17, 15) is 0 Å². The topological polar surface area (TPSA) is 81.9 Å². The Labute approximate surface area is 199 Å². The molecule has 31 heavy (non-hydrogen) atoms. The third-order valence-corrected chi connectivity index (χ3v) is 4.57. The Balaban J connectivity index is 0.00000341. The lowest BCUT2D eigenvalue weighted by Crippen LogP contribution is -2.36.